The number of carbonyl (C=O) groups excluding carboxylic acids is 2. The number of carbonyl (C=O) groups is 2. The van der Waals surface area contributed by atoms with E-state index in [1.807, 2.05) is 26.6 Å². The van der Waals surface area contributed by atoms with Crippen molar-refractivity contribution in [2.24, 2.45) is 0 Å². The van der Waals surface area contributed by atoms with Crippen molar-refractivity contribution in [2.75, 3.05) is 19.5 Å². The van der Waals surface area contributed by atoms with Gasteiger partial charge in [-0.25, -0.2) is 23.7 Å². The molecule has 0 radical (unpaired) electrons. The maximum absolute atomic E-state index is 13.7. The van der Waals surface area contributed by atoms with Gasteiger partial charge in [0.2, 0.25) is 5.88 Å². The zero-order valence-corrected chi connectivity index (χ0v) is 19.8. The number of aromatic amines is 1. The fourth-order valence-corrected chi connectivity index (χ4v) is 2.70. The molecule has 0 aliphatic rings. The Hall–Kier alpha value is -4.48. The summed E-state index contributed by atoms with van der Waals surface area (Å²) in [7, 11) is 3.23. The van der Waals surface area contributed by atoms with Crippen LogP contribution in [0.3, 0.4) is 0 Å². The maximum atomic E-state index is 13.7. The van der Waals surface area contributed by atoms with Crippen LogP contribution < -0.4 is 14.8 Å². The molecule has 2 N–H and O–H groups in total. The molecule has 4 heterocycles. The first-order valence-corrected chi connectivity index (χ1v) is 9.91. The van der Waals surface area contributed by atoms with E-state index in [9.17, 15) is 8.78 Å². The molecule has 4 aromatic heterocycles. The lowest BCUT2D eigenvalue weighted by Crippen LogP contribution is -2.04. The molecule has 0 saturated heterocycles. The normalized spacial score (nSPS) is 9.43. The zero-order chi connectivity index (χ0) is 26.4. The average molecular weight is 488 g/mol. The SMILES string of the molecule is C=O.C=O.CNc1ccc(F)c(COc2cnc3n[nH]c(C)c3c2)n1.COc1ncc(F)cc1C. The molecule has 0 bridgehead atoms. The van der Waals surface area contributed by atoms with Crippen LogP contribution in [0.4, 0.5) is 14.6 Å². The Labute approximate surface area is 200 Å². The van der Waals surface area contributed by atoms with Crippen LogP contribution in [0.5, 0.6) is 11.6 Å². The van der Waals surface area contributed by atoms with E-state index in [1.165, 1.54) is 19.2 Å². The third-order valence-electron chi connectivity index (χ3n) is 4.32. The first kappa shape index (κ1) is 28.6. The molecular weight excluding hydrogens is 462 g/mol. The number of H-pyrrole nitrogens is 1. The average Bonchev–Trinajstić information content (AvgIpc) is 3.26. The lowest BCUT2D eigenvalue weighted by molar-refractivity contribution is -0.0987. The molecule has 0 unspecified atom stereocenters. The summed E-state index contributed by atoms with van der Waals surface area (Å²) in [6.45, 7) is 7.68. The molecule has 0 aliphatic heterocycles. The van der Waals surface area contributed by atoms with Crippen molar-refractivity contribution in [1.82, 2.24) is 25.1 Å². The third kappa shape index (κ3) is 8.11. The van der Waals surface area contributed by atoms with Crippen molar-refractivity contribution in [1.29, 1.82) is 0 Å². The number of anilines is 1. The van der Waals surface area contributed by atoms with Crippen molar-refractivity contribution in [3.63, 3.8) is 0 Å². The van der Waals surface area contributed by atoms with Crippen molar-refractivity contribution in [3.05, 3.63) is 65.2 Å². The van der Waals surface area contributed by atoms with Crippen molar-refractivity contribution in [2.45, 2.75) is 20.5 Å². The number of fused-ring (bicyclic) bond motifs is 1. The molecule has 0 fully saturated rings. The summed E-state index contributed by atoms with van der Waals surface area (Å²) in [6.07, 6.45) is 2.69. The Morgan fingerprint density at radius 2 is 1.77 bits per heavy atom. The number of nitrogens with zero attached hydrogens (tertiary/aromatic N) is 4. The van der Waals surface area contributed by atoms with Gasteiger partial charge in [-0.2, -0.15) is 5.10 Å². The highest BCUT2D eigenvalue weighted by Crippen LogP contribution is 2.20. The minimum absolute atomic E-state index is 0.0332. The Bertz CT molecular complexity index is 1220. The van der Waals surface area contributed by atoms with Gasteiger partial charge in [-0.3, -0.25) is 5.10 Å². The Kier molecular flexibility index (Phi) is 11.9. The monoisotopic (exact) mass is 488 g/mol. The second-order valence-corrected chi connectivity index (χ2v) is 6.53. The number of hydrogen-bond acceptors (Lipinski definition) is 9. The molecular formula is C23H26F2N6O4. The Morgan fingerprint density at radius 3 is 2.40 bits per heavy atom. The topological polar surface area (TPSA) is 132 Å². The fourth-order valence-electron chi connectivity index (χ4n) is 2.70. The predicted octanol–water partition coefficient (Wildman–Crippen LogP) is 3.59. The minimum Gasteiger partial charge on any atom is -0.486 e. The predicted molar refractivity (Wildman–Crippen MR) is 126 cm³/mol. The molecule has 4 aromatic rings. The summed E-state index contributed by atoms with van der Waals surface area (Å²) in [5.41, 5.74) is 2.49. The van der Waals surface area contributed by atoms with Gasteiger partial charge in [-0.05, 0) is 38.1 Å². The van der Waals surface area contributed by atoms with Gasteiger partial charge in [0.25, 0.3) is 0 Å². The van der Waals surface area contributed by atoms with Gasteiger partial charge in [-0.1, -0.05) is 0 Å². The lowest BCUT2D eigenvalue weighted by Gasteiger charge is -2.08. The molecule has 0 amide bonds. The van der Waals surface area contributed by atoms with E-state index in [-0.39, 0.29) is 18.1 Å². The largest absolute Gasteiger partial charge is 0.486 e. The van der Waals surface area contributed by atoms with Gasteiger partial charge in [0.05, 0.1) is 19.5 Å². The van der Waals surface area contributed by atoms with Crippen molar-refractivity contribution in [3.8, 4) is 11.6 Å². The molecule has 0 aromatic carbocycles. The van der Waals surface area contributed by atoms with E-state index < -0.39 is 5.82 Å². The van der Waals surface area contributed by atoms with Crippen LogP contribution in [0.1, 0.15) is 17.0 Å². The van der Waals surface area contributed by atoms with Gasteiger partial charge in [0, 0.05) is 23.7 Å². The van der Waals surface area contributed by atoms with Gasteiger partial charge in [0.15, 0.2) is 5.65 Å². The van der Waals surface area contributed by atoms with Crippen LogP contribution in [0, 0.1) is 25.5 Å². The smallest absolute Gasteiger partial charge is 0.216 e. The molecule has 4 rings (SSSR count). The highest BCUT2D eigenvalue weighted by atomic mass is 19.1. The van der Waals surface area contributed by atoms with E-state index in [0.717, 1.165) is 17.3 Å². The summed E-state index contributed by atoms with van der Waals surface area (Å²) >= 11 is 0. The van der Waals surface area contributed by atoms with E-state index >= 15 is 0 Å². The zero-order valence-electron chi connectivity index (χ0n) is 19.8. The third-order valence-corrected chi connectivity index (χ3v) is 4.32. The van der Waals surface area contributed by atoms with Crippen LogP contribution in [0.25, 0.3) is 11.0 Å². The number of hydrogen-bond donors (Lipinski definition) is 2. The highest BCUT2D eigenvalue weighted by Gasteiger charge is 2.08. The highest BCUT2D eigenvalue weighted by molar-refractivity contribution is 5.78. The fraction of sp³-hybridized carbons (Fsp3) is 0.217. The summed E-state index contributed by atoms with van der Waals surface area (Å²) < 4.78 is 36.4. The van der Waals surface area contributed by atoms with E-state index in [2.05, 4.69) is 30.5 Å². The van der Waals surface area contributed by atoms with E-state index in [1.54, 1.807) is 26.2 Å². The van der Waals surface area contributed by atoms with Gasteiger partial charge in [-0.15, -0.1) is 0 Å². The Morgan fingerprint density at radius 1 is 1.06 bits per heavy atom. The molecule has 0 spiro atoms. The number of halogens is 2. The molecule has 35 heavy (non-hydrogen) atoms. The first-order valence-electron chi connectivity index (χ1n) is 9.91. The first-order chi connectivity index (χ1) is 16.9. The number of aryl methyl sites for hydroxylation is 2. The van der Waals surface area contributed by atoms with Crippen LogP contribution in [-0.2, 0) is 16.2 Å². The number of methoxy groups -OCH3 is 1. The van der Waals surface area contributed by atoms with Crippen LogP contribution in [0.15, 0.2) is 36.7 Å². The lowest BCUT2D eigenvalue weighted by atomic mass is 10.3. The quantitative estimate of drug-likeness (QED) is 0.432. The van der Waals surface area contributed by atoms with Crippen molar-refractivity contribution < 1.29 is 27.8 Å². The molecule has 12 heteroatoms. The number of nitrogens with one attached hydrogen (secondary N) is 2. The second-order valence-electron chi connectivity index (χ2n) is 6.53. The van der Waals surface area contributed by atoms with Gasteiger partial charge < -0.3 is 24.4 Å². The van der Waals surface area contributed by atoms with Gasteiger partial charge in [0.1, 0.15) is 49.1 Å². The molecule has 0 atom stereocenters. The number of ether oxygens (including phenoxy) is 2. The Balaban J connectivity index is 0.000000368. The molecule has 0 aliphatic carbocycles. The molecule has 186 valence electrons. The van der Waals surface area contributed by atoms with Crippen LogP contribution in [0.2, 0.25) is 0 Å². The van der Waals surface area contributed by atoms with E-state index in [0.29, 0.717) is 28.7 Å². The number of pyridine rings is 3. The molecule has 0 saturated carbocycles. The molecule has 10 nitrogen and oxygen atoms in total. The van der Waals surface area contributed by atoms with Crippen LogP contribution in [-0.4, -0.2) is 52.9 Å². The standard InChI is InChI=1S/C14H14FN5O.C7H8FNO.2CH2O/c1-8-10-5-9(6-17-14(10)20-19-8)21-7-12-11(15)3-4-13(16-2)18-12;1-5-3-6(8)4-9-7(5)10-2;2*1-2/h3-6H,7H2,1-2H3,(H,16,18)(H,17,19,20);3-4H,1-2H3;2*1H2. The summed E-state index contributed by atoms with van der Waals surface area (Å²) in [5.74, 6) is 0.875. The second kappa shape index (κ2) is 14.6. The van der Waals surface area contributed by atoms with Gasteiger partial charge >= 0.3 is 0 Å². The number of rotatable bonds is 5. The maximum Gasteiger partial charge on any atom is 0.216 e. The summed E-state index contributed by atoms with van der Waals surface area (Å²) in [6, 6.07) is 6.13. The van der Waals surface area contributed by atoms with E-state index in [4.69, 9.17) is 19.1 Å². The van der Waals surface area contributed by atoms with Crippen molar-refractivity contribution >= 4 is 30.4 Å². The minimum atomic E-state index is -0.400. The van der Waals surface area contributed by atoms with Crippen LogP contribution >= 0.6 is 0 Å². The number of aromatic nitrogens is 5. The summed E-state index contributed by atoms with van der Waals surface area (Å²) in [5, 5.41) is 10.6. The summed E-state index contributed by atoms with van der Waals surface area (Å²) in [4.78, 5) is 28.0.